The van der Waals surface area contributed by atoms with Crippen molar-refractivity contribution in [3.8, 4) is 11.3 Å². The highest BCUT2D eigenvalue weighted by Crippen LogP contribution is 2.33. The molecular weight excluding hydrogens is 398 g/mol. The van der Waals surface area contributed by atoms with Gasteiger partial charge in [0, 0.05) is 18.7 Å². The topological polar surface area (TPSA) is 45.5 Å². The molecule has 1 N–H and O–H groups in total. The van der Waals surface area contributed by atoms with Gasteiger partial charge in [0.15, 0.2) is 5.65 Å². The summed E-state index contributed by atoms with van der Waals surface area (Å²) in [5.74, 6) is 0.479. The average Bonchev–Trinajstić information content (AvgIpc) is 3.24. The maximum Gasteiger partial charge on any atom is 0.416 e. The van der Waals surface area contributed by atoms with Gasteiger partial charge in [-0.3, -0.25) is 0 Å². The summed E-state index contributed by atoms with van der Waals surface area (Å²) < 4.78 is 56.1. The number of halogens is 4. The van der Waals surface area contributed by atoms with Crippen LogP contribution in [0.3, 0.4) is 0 Å². The summed E-state index contributed by atoms with van der Waals surface area (Å²) in [4.78, 5) is 6.23. The van der Waals surface area contributed by atoms with Crippen LogP contribution in [-0.4, -0.2) is 51.3 Å². The number of rotatable bonds is 4. The minimum atomic E-state index is -4.44. The normalized spacial score (nSPS) is 21.3. The van der Waals surface area contributed by atoms with Crippen LogP contribution in [0.2, 0.25) is 0 Å². The molecule has 2 atom stereocenters. The number of aromatic nitrogens is 3. The minimum Gasteiger partial charge on any atom is -0.363 e. The number of anilines is 1. The van der Waals surface area contributed by atoms with Gasteiger partial charge in [-0.15, -0.1) is 5.10 Å². The van der Waals surface area contributed by atoms with Crippen LogP contribution in [0.25, 0.3) is 16.9 Å². The third-order valence-corrected chi connectivity index (χ3v) is 5.74. The predicted molar refractivity (Wildman–Crippen MR) is 107 cm³/mol. The molecule has 1 aliphatic heterocycles. The van der Waals surface area contributed by atoms with Gasteiger partial charge in [-0.25, -0.2) is 13.9 Å². The Bertz CT molecular complexity index is 1080. The summed E-state index contributed by atoms with van der Waals surface area (Å²) in [5.41, 5.74) is -0.0382. The maximum absolute atomic E-state index is 15.3. The number of likely N-dealkylation sites (tertiary alicyclic amines) is 1. The Balaban J connectivity index is 1.70. The fraction of sp³-hybridized carbons (Fsp3) is 0.429. The second kappa shape index (κ2) is 7.23. The SMILES string of the molecule is Cc1cc2ncc(-c3cccc(C(F)(F)F)c3)n2nc1NC(C)C1(F)CCN(C)C1. The zero-order chi connectivity index (χ0) is 21.7. The van der Waals surface area contributed by atoms with Gasteiger partial charge in [0.05, 0.1) is 23.5 Å². The molecule has 2 aromatic heterocycles. The zero-order valence-corrected chi connectivity index (χ0v) is 17.0. The number of benzene rings is 1. The van der Waals surface area contributed by atoms with Gasteiger partial charge >= 0.3 is 6.18 Å². The Hall–Kier alpha value is -2.68. The molecule has 2 unspecified atom stereocenters. The lowest BCUT2D eigenvalue weighted by Gasteiger charge is -2.28. The van der Waals surface area contributed by atoms with Crippen molar-refractivity contribution in [1.29, 1.82) is 0 Å². The van der Waals surface area contributed by atoms with Gasteiger partial charge in [-0.1, -0.05) is 12.1 Å². The Morgan fingerprint density at radius 2 is 2.00 bits per heavy atom. The molecule has 0 saturated carbocycles. The van der Waals surface area contributed by atoms with Crippen molar-refractivity contribution in [1.82, 2.24) is 19.5 Å². The van der Waals surface area contributed by atoms with Crippen LogP contribution >= 0.6 is 0 Å². The summed E-state index contributed by atoms with van der Waals surface area (Å²) in [6.07, 6.45) is -2.51. The Labute approximate surface area is 171 Å². The average molecular weight is 421 g/mol. The molecule has 0 aliphatic carbocycles. The quantitative estimate of drug-likeness (QED) is 0.627. The number of alkyl halides is 4. The van der Waals surface area contributed by atoms with E-state index in [-0.39, 0.29) is 0 Å². The lowest BCUT2D eigenvalue weighted by Crippen LogP contribution is -2.43. The Morgan fingerprint density at radius 3 is 2.67 bits per heavy atom. The van der Waals surface area contributed by atoms with Crippen LogP contribution in [0, 0.1) is 6.92 Å². The Morgan fingerprint density at radius 1 is 1.23 bits per heavy atom. The van der Waals surface area contributed by atoms with Gasteiger partial charge in [0.2, 0.25) is 0 Å². The summed E-state index contributed by atoms with van der Waals surface area (Å²) in [5, 5.41) is 7.71. The predicted octanol–water partition coefficient (Wildman–Crippen LogP) is 4.57. The third-order valence-electron chi connectivity index (χ3n) is 5.74. The van der Waals surface area contributed by atoms with Crippen LogP contribution in [0.1, 0.15) is 24.5 Å². The van der Waals surface area contributed by atoms with Crippen LogP contribution in [0.5, 0.6) is 0 Å². The van der Waals surface area contributed by atoms with Crippen molar-refractivity contribution < 1.29 is 17.6 Å². The molecule has 1 aromatic carbocycles. The molecule has 4 rings (SSSR count). The van der Waals surface area contributed by atoms with Gasteiger partial charge in [0.1, 0.15) is 11.5 Å². The summed E-state index contributed by atoms with van der Waals surface area (Å²) in [6.45, 7) is 4.65. The van der Waals surface area contributed by atoms with Crippen molar-refractivity contribution in [2.45, 2.75) is 38.2 Å². The maximum atomic E-state index is 15.3. The molecule has 1 aliphatic rings. The van der Waals surface area contributed by atoms with Crippen molar-refractivity contribution in [3.63, 3.8) is 0 Å². The van der Waals surface area contributed by atoms with E-state index in [2.05, 4.69) is 15.4 Å². The van der Waals surface area contributed by atoms with Gasteiger partial charge in [-0.2, -0.15) is 13.2 Å². The highest BCUT2D eigenvalue weighted by atomic mass is 19.4. The zero-order valence-electron chi connectivity index (χ0n) is 17.0. The van der Waals surface area contributed by atoms with Gasteiger partial charge < -0.3 is 10.2 Å². The number of nitrogens with one attached hydrogen (secondary N) is 1. The van der Waals surface area contributed by atoms with Crippen molar-refractivity contribution in [3.05, 3.63) is 47.7 Å². The van der Waals surface area contributed by atoms with E-state index in [0.29, 0.717) is 42.2 Å². The van der Waals surface area contributed by atoms with Crippen molar-refractivity contribution in [2.24, 2.45) is 0 Å². The van der Waals surface area contributed by atoms with Crippen molar-refractivity contribution >= 4 is 11.5 Å². The largest absolute Gasteiger partial charge is 0.416 e. The molecule has 0 amide bonds. The van der Waals surface area contributed by atoms with E-state index in [1.165, 1.54) is 16.8 Å². The number of hydrogen-bond acceptors (Lipinski definition) is 4. The molecule has 30 heavy (non-hydrogen) atoms. The fourth-order valence-electron chi connectivity index (χ4n) is 3.87. The highest BCUT2D eigenvalue weighted by Gasteiger charge is 2.42. The summed E-state index contributed by atoms with van der Waals surface area (Å²) >= 11 is 0. The molecule has 160 valence electrons. The van der Waals surface area contributed by atoms with Gasteiger partial charge in [0.25, 0.3) is 0 Å². The molecular formula is C21H23F4N5. The molecule has 3 heterocycles. The number of imidazole rings is 1. The number of aryl methyl sites for hydroxylation is 1. The first-order valence-electron chi connectivity index (χ1n) is 9.74. The second-order valence-electron chi connectivity index (χ2n) is 8.06. The van der Waals surface area contributed by atoms with E-state index in [9.17, 15) is 13.2 Å². The third kappa shape index (κ3) is 3.74. The van der Waals surface area contributed by atoms with E-state index < -0.39 is 23.5 Å². The number of nitrogens with zero attached hydrogens (tertiary/aromatic N) is 4. The Kier molecular flexibility index (Phi) is 4.96. The molecule has 0 radical (unpaired) electrons. The van der Waals surface area contributed by atoms with E-state index in [0.717, 1.165) is 17.7 Å². The lowest BCUT2D eigenvalue weighted by molar-refractivity contribution is -0.137. The summed E-state index contributed by atoms with van der Waals surface area (Å²) in [7, 11) is 1.89. The first kappa shape index (κ1) is 20.6. The first-order valence-corrected chi connectivity index (χ1v) is 9.74. The smallest absolute Gasteiger partial charge is 0.363 e. The summed E-state index contributed by atoms with van der Waals surface area (Å²) in [6, 6.07) is 6.35. The van der Waals surface area contributed by atoms with E-state index >= 15 is 4.39 Å². The molecule has 3 aromatic rings. The van der Waals surface area contributed by atoms with E-state index in [4.69, 9.17) is 0 Å². The van der Waals surface area contributed by atoms with Crippen molar-refractivity contribution in [2.75, 3.05) is 25.5 Å². The minimum absolute atomic E-state index is 0.336. The van der Waals surface area contributed by atoms with E-state index in [1.807, 2.05) is 18.9 Å². The molecule has 0 spiro atoms. The second-order valence-corrected chi connectivity index (χ2v) is 8.06. The lowest BCUT2D eigenvalue weighted by atomic mass is 9.96. The molecule has 1 saturated heterocycles. The molecule has 9 heteroatoms. The highest BCUT2D eigenvalue weighted by molar-refractivity contribution is 5.65. The monoisotopic (exact) mass is 421 g/mol. The number of fused-ring (bicyclic) bond motifs is 1. The van der Waals surface area contributed by atoms with Crippen LogP contribution in [-0.2, 0) is 6.18 Å². The first-order chi connectivity index (χ1) is 14.1. The molecule has 1 fully saturated rings. The van der Waals surface area contributed by atoms with Crippen LogP contribution in [0.4, 0.5) is 23.4 Å². The fourth-order valence-corrected chi connectivity index (χ4v) is 3.87. The van der Waals surface area contributed by atoms with Crippen LogP contribution in [0.15, 0.2) is 36.5 Å². The van der Waals surface area contributed by atoms with E-state index in [1.54, 1.807) is 19.1 Å². The molecule has 0 bridgehead atoms. The standard InChI is InChI=1S/C21H23F4N5/c1-13-9-18-26-11-17(15-5-4-6-16(10-15)21(23,24)25)30(18)28-19(13)27-14(2)20(22)7-8-29(3)12-20/h4-6,9-11,14H,7-8,12H2,1-3H3,(H,27,28). The van der Waals surface area contributed by atoms with Crippen LogP contribution < -0.4 is 5.32 Å². The molecule has 5 nitrogen and oxygen atoms in total. The van der Waals surface area contributed by atoms with Gasteiger partial charge in [-0.05, 0) is 51.1 Å². The number of hydrogen-bond donors (Lipinski definition) is 1.